The molecule has 0 saturated heterocycles. The van der Waals surface area contributed by atoms with Gasteiger partial charge in [-0.1, -0.05) is 11.6 Å². The summed E-state index contributed by atoms with van der Waals surface area (Å²) in [6.45, 7) is 3.64. The Balaban J connectivity index is 1.86. The number of carbonyl (C=O) groups excluding carboxylic acids is 2. The molecule has 0 aromatic heterocycles. The number of benzene rings is 2. The molecule has 9 heteroatoms. The van der Waals surface area contributed by atoms with Crippen LogP contribution in [0.1, 0.15) is 47.4 Å². The maximum absolute atomic E-state index is 12.7. The molecule has 0 atom stereocenters. The molecular formula is C20H21ClN4O4. The zero-order chi connectivity index (χ0) is 21.1. The average Bonchev–Trinajstić information content (AvgIpc) is 3.45. The van der Waals surface area contributed by atoms with Gasteiger partial charge in [0.25, 0.3) is 17.5 Å². The summed E-state index contributed by atoms with van der Waals surface area (Å²) in [6.07, 6.45) is 1.94. The highest BCUT2D eigenvalue weighted by Crippen LogP contribution is 2.32. The van der Waals surface area contributed by atoms with Crippen LogP contribution in [0.4, 0.5) is 17.1 Å². The molecule has 29 heavy (non-hydrogen) atoms. The molecule has 8 nitrogen and oxygen atoms in total. The predicted molar refractivity (Wildman–Crippen MR) is 112 cm³/mol. The van der Waals surface area contributed by atoms with Gasteiger partial charge >= 0.3 is 0 Å². The van der Waals surface area contributed by atoms with Gasteiger partial charge in [-0.05, 0) is 57.0 Å². The molecule has 3 rings (SSSR count). The number of carbonyl (C=O) groups is 2. The van der Waals surface area contributed by atoms with Crippen LogP contribution in [0.5, 0.6) is 0 Å². The van der Waals surface area contributed by atoms with Crippen molar-refractivity contribution in [3.63, 3.8) is 0 Å². The van der Waals surface area contributed by atoms with E-state index in [0.717, 1.165) is 12.8 Å². The highest BCUT2D eigenvalue weighted by molar-refractivity contribution is 6.31. The summed E-state index contributed by atoms with van der Waals surface area (Å²) in [6, 6.07) is 8.93. The summed E-state index contributed by atoms with van der Waals surface area (Å²) >= 11 is 6.02. The maximum Gasteiger partial charge on any atom is 0.293 e. The van der Waals surface area contributed by atoms with Gasteiger partial charge in [0.15, 0.2) is 0 Å². The summed E-state index contributed by atoms with van der Waals surface area (Å²) in [5.74, 6) is -0.936. The number of hydrogen-bond donors (Lipinski definition) is 3. The SMILES string of the molecule is CC(C)NC(=O)c1ccc(Cl)cc1NC(=O)c1ccc(NC2CC2)c([N+](=O)[O-])c1. The third-order valence-electron chi connectivity index (χ3n) is 4.29. The van der Waals surface area contributed by atoms with E-state index in [1.807, 2.05) is 13.8 Å². The van der Waals surface area contributed by atoms with Gasteiger partial charge in [-0.25, -0.2) is 0 Å². The van der Waals surface area contributed by atoms with Crippen molar-refractivity contribution in [2.45, 2.75) is 38.8 Å². The minimum absolute atomic E-state index is 0.0871. The van der Waals surface area contributed by atoms with Crippen LogP contribution >= 0.6 is 11.6 Å². The molecule has 0 aliphatic heterocycles. The topological polar surface area (TPSA) is 113 Å². The van der Waals surface area contributed by atoms with E-state index in [1.165, 1.54) is 30.3 Å². The summed E-state index contributed by atoms with van der Waals surface area (Å²) in [5.41, 5.74) is 0.789. The summed E-state index contributed by atoms with van der Waals surface area (Å²) in [4.78, 5) is 36.0. The molecule has 0 spiro atoms. The molecular weight excluding hydrogens is 396 g/mol. The number of nitrogens with zero attached hydrogens (tertiary/aromatic N) is 1. The smallest absolute Gasteiger partial charge is 0.293 e. The minimum atomic E-state index is -0.577. The number of nitro groups is 1. The number of nitrogens with one attached hydrogen (secondary N) is 3. The molecule has 1 saturated carbocycles. The number of halogens is 1. The Labute approximate surface area is 172 Å². The lowest BCUT2D eigenvalue weighted by atomic mass is 10.1. The molecule has 1 fully saturated rings. The van der Waals surface area contributed by atoms with Crippen molar-refractivity contribution in [1.29, 1.82) is 0 Å². The van der Waals surface area contributed by atoms with Crippen molar-refractivity contribution in [2.24, 2.45) is 0 Å². The second kappa shape index (κ2) is 8.48. The number of amides is 2. The molecule has 2 aromatic carbocycles. The van der Waals surface area contributed by atoms with Gasteiger partial charge in [0.1, 0.15) is 5.69 Å². The monoisotopic (exact) mass is 416 g/mol. The Morgan fingerprint density at radius 2 is 1.83 bits per heavy atom. The molecule has 0 radical (unpaired) electrons. The van der Waals surface area contributed by atoms with E-state index in [1.54, 1.807) is 6.07 Å². The van der Waals surface area contributed by atoms with Crippen molar-refractivity contribution in [1.82, 2.24) is 5.32 Å². The Kier molecular flexibility index (Phi) is 6.03. The average molecular weight is 417 g/mol. The maximum atomic E-state index is 12.7. The predicted octanol–water partition coefficient (Wildman–Crippen LogP) is 4.21. The summed E-state index contributed by atoms with van der Waals surface area (Å²) < 4.78 is 0. The van der Waals surface area contributed by atoms with Crippen molar-refractivity contribution in [2.75, 3.05) is 10.6 Å². The lowest BCUT2D eigenvalue weighted by Gasteiger charge is -2.14. The van der Waals surface area contributed by atoms with Crippen LogP contribution in [0.3, 0.4) is 0 Å². The lowest BCUT2D eigenvalue weighted by Crippen LogP contribution is -2.31. The first-order valence-electron chi connectivity index (χ1n) is 9.21. The first kappa shape index (κ1) is 20.6. The van der Waals surface area contributed by atoms with Crippen LogP contribution in [-0.4, -0.2) is 28.8 Å². The zero-order valence-electron chi connectivity index (χ0n) is 16.0. The number of rotatable bonds is 7. The largest absolute Gasteiger partial charge is 0.377 e. The minimum Gasteiger partial charge on any atom is -0.377 e. The van der Waals surface area contributed by atoms with E-state index in [9.17, 15) is 19.7 Å². The fraction of sp³-hybridized carbons (Fsp3) is 0.300. The lowest BCUT2D eigenvalue weighted by molar-refractivity contribution is -0.384. The molecule has 2 aromatic rings. The first-order valence-corrected chi connectivity index (χ1v) is 9.59. The Morgan fingerprint density at radius 1 is 1.10 bits per heavy atom. The zero-order valence-corrected chi connectivity index (χ0v) is 16.7. The third kappa shape index (κ3) is 5.23. The number of anilines is 2. The number of hydrogen-bond acceptors (Lipinski definition) is 5. The number of nitro benzene ring substituents is 1. The van der Waals surface area contributed by atoms with Gasteiger partial charge in [0.05, 0.1) is 16.2 Å². The van der Waals surface area contributed by atoms with Crippen LogP contribution in [-0.2, 0) is 0 Å². The Bertz CT molecular complexity index is 973. The van der Waals surface area contributed by atoms with E-state index in [2.05, 4.69) is 16.0 Å². The van der Waals surface area contributed by atoms with Gasteiger partial charge < -0.3 is 16.0 Å². The van der Waals surface area contributed by atoms with E-state index in [-0.39, 0.29) is 40.5 Å². The third-order valence-corrected chi connectivity index (χ3v) is 4.52. The second-order valence-corrected chi connectivity index (χ2v) is 7.62. The fourth-order valence-corrected chi connectivity index (χ4v) is 2.92. The van der Waals surface area contributed by atoms with Crippen molar-refractivity contribution in [3.05, 3.63) is 62.7 Å². The quantitative estimate of drug-likeness (QED) is 0.462. The second-order valence-electron chi connectivity index (χ2n) is 7.18. The molecule has 152 valence electrons. The van der Waals surface area contributed by atoms with Gasteiger partial charge in [0, 0.05) is 28.7 Å². The van der Waals surface area contributed by atoms with Crippen molar-refractivity contribution in [3.8, 4) is 0 Å². The summed E-state index contributed by atoms with van der Waals surface area (Å²) in [5, 5.41) is 20.2. The van der Waals surface area contributed by atoms with Gasteiger partial charge in [-0.15, -0.1) is 0 Å². The van der Waals surface area contributed by atoms with Crippen LogP contribution in [0.25, 0.3) is 0 Å². The summed E-state index contributed by atoms with van der Waals surface area (Å²) in [7, 11) is 0. The molecule has 1 aliphatic carbocycles. The Hall–Kier alpha value is -3.13. The molecule has 0 heterocycles. The Morgan fingerprint density at radius 3 is 2.45 bits per heavy atom. The highest BCUT2D eigenvalue weighted by Gasteiger charge is 2.26. The fourth-order valence-electron chi connectivity index (χ4n) is 2.75. The van der Waals surface area contributed by atoms with E-state index in [4.69, 9.17) is 11.6 Å². The van der Waals surface area contributed by atoms with E-state index < -0.39 is 10.8 Å². The van der Waals surface area contributed by atoms with Gasteiger partial charge in [0.2, 0.25) is 0 Å². The molecule has 3 N–H and O–H groups in total. The van der Waals surface area contributed by atoms with Crippen LogP contribution < -0.4 is 16.0 Å². The van der Waals surface area contributed by atoms with Crippen molar-refractivity contribution < 1.29 is 14.5 Å². The normalized spacial score (nSPS) is 13.1. The molecule has 2 amide bonds. The molecule has 1 aliphatic rings. The van der Waals surface area contributed by atoms with Crippen LogP contribution in [0.2, 0.25) is 5.02 Å². The van der Waals surface area contributed by atoms with Gasteiger partial charge in [-0.3, -0.25) is 19.7 Å². The first-order chi connectivity index (χ1) is 13.7. The van der Waals surface area contributed by atoms with E-state index >= 15 is 0 Å². The molecule has 0 bridgehead atoms. The van der Waals surface area contributed by atoms with Crippen LogP contribution in [0, 0.1) is 10.1 Å². The molecule has 0 unspecified atom stereocenters. The van der Waals surface area contributed by atoms with E-state index in [0.29, 0.717) is 10.7 Å². The standard InChI is InChI=1S/C20H21ClN4O4/c1-11(2)22-20(27)15-7-4-13(21)10-17(15)24-19(26)12-3-8-16(23-14-5-6-14)18(9-12)25(28)29/h3-4,7-11,14,23H,5-6H2,1-2H3,(H,22,27)(H,24,26). The highest BCUT2D eigenvalue weighted by atomic mass is 35.5. The van der Waals surface area contributed by atoms with Crippen molar-refractivity contribution >= 4 is 40.5 Å². The van der Waals surface area contributed by atoms with Gasteiger partial charge in [-0.2, -0.15) is 0 Å². The van der Waals surface area contributed by atoms with Crippen LogP contribution in [0.15, 0.2) is 36.4 Å².